The van der Waals surface area contributed by atoms with Gasteiger partial charge in [0.1, 0.15) is 13.7 Å². The Morgan fingerprint density at radius 1 is 1.60 bits per heavy atom. The second-order valence-corrected chi connectivity index (χ2v) is 3.82. The largest absolute Gasteiger partial charge is 0.469 e. The van der Waals surface area contributed by atoms with Crippen molar-refractivity contribution in [1.82, 2.24) is 4.98 Å². The van der Waals surface area contributed by atoms with Crippen molar-refractivity contribution < 1.29 is 9.53 Å². The van der Waals surface area contributed by atoms with E-state index in [0.717, 1.165) is 11.3 Å². The fourth-order valence-electron chi connectivity index (χ4n) is 1.63. The zero-order valence-corrected chi connectivity index (χ0v) is 8.93. The van der Waals surface area contributed by atoms with Crippen molar-refractivity contribution in [1.29, 1.82) is 0 Å². The maximum Gasteiger partial charge on any atom is 0.312 e. The molecule has 0 aliphatic carbocycles. The number of rotatable bonds is 2. The van der Waals surface area contributed by atoms with Crippen LogP contribution < -0.4 is 10.4 Å². The number of pyridine rings is 1. The number of carbonyl (C=O) groups excluding carboxylic acids is 1. The normalized spacial score (nSPS) is 15.9. The number of carbonyl (C=O) groups is 1. The predicted octanol–water partition coefficient (Wildman–Crippen LogP) is -1.05. The summed E-state index contributed by atoms with van der Waals surface area (Å²) in [7, 11) is 3.43. The van der Waals surface area contributed by atoms with Crippen LogP contribution in [0.25, 0.3) is 0 Å². The molecule has 2 heterocycles. The lowest BCUT2D eigenvalue weighted by atomic mass is 9.98. The van der Waals surface area contributed by atoms with Crippen LogP contribution in [0.2, 0.25) is 0 Å². The van der Waals surface area contributed by atoms with E-state index in [1.165, 1.54) is 7.11 Å². The molecular weight excluding hydrogens is 191 g/mol. The van der Waals surface area contributed by atoms with Gasteiger partial charge in [-0.3, -0.25) is 4.79 Å². The van der Waals surface area contributed by atoms with Crippen LogP contribution in [0, 0.1) is 5.92 Å². The molecule has 1 aromatic rings. The van der Waals surface area contributed by atoms with Crippen molar-refractivity contribution >= 4 is 25.1 Å². The van der Waals surface area contributed by atoms with E-state index in [1.807, 2.05) is 26.2 Å². The van der Waals surface area contributed by atoms with Crippen LogP contribution >= 0.6 is 0 Å². The molecule has 0 radical (unpaired) electrons. The van der Waals surface area contributed by atoms with Gasteiger partial charge in [0.15, 0.2) is 0 Å². The Bertz CT molecular complexity index is 360. The molecule has 2 rings (SSSR count). The third-order valence-corrected chi connectivity index (χ3v) is 2.64. The lowest BCUT2D eigenvalue weighted by Crippen LogP contribution is -2.51. The summed E-state index contributed by atoms with van der Waals surface area (Å²) in [5.74, 6) is 0.817. The molecule has 0 bridgehead atoms. The Morgan fingerprint density at radius 3 is 2.87 bits per heavy atom. The Kier molecular flexibility index (Phi) is 2.62. The first-order valence-corrected chi connectivity index (χ1v) is 4.96. The number of methoxy groups -OCH3 is 1. The highest BCUT2D eigenvalue weighted by Gasteiger charge is 2.33. The van der Waals surface area contributed by atoms with Crippen molar-refractivity contribution in [2.75, 3.05) is 25.1 Å². The number of anilines is 1. The molecule has 0 spiro atoms. The molecule has 0 atom stereocenters. The van der Waals surface area contributed by atoms with Gasteiger partial charge < -0.3 is 9.64 Å². The molecule has 1 aliphatic rings. The highest BCUT2D eigenvalue weighted by Crippen LogP contribution is 2.22. The van der Waals surface area contributed by atoms with Gasteiger partial charge in [-0.05, 0) is 6.07 Å². The minimum atomic E-state index is -0.127. The first-order chi connectivity index (χ1) is 7.20. The van der Waals surface area contributed by atoms with Crippen LogP contribution in [0.3, 0.4) is 0 Å². The molecule has 4 nitrogen and oxygen atoms in total. The van der Waals surface area contributed by atoms with E-state index in [1.54, 1.807) is 0 Å². The quantitative estimate of drug-likeness (QED) is 0.455. The summed E-state index contributed by atoms with van der Waals surface area (Å²) in [6.45, 7) is 1.42. The topological polar surface area (TPSA) is 42.4 Å². The molecule has 0 unspecified atom stereocenters. The average molecular weight is 204 g/mol. The lowest BCUT2D eigenvalue weighted by Gasteiger charge is -2.38. The highest BCUT2D eigenvalue weighted by molar-refractivity contribution is 6.32. The molecule has 1 fully saturated rings. The maximum atomic E-state index is 11.2. The van der Waals surface area contributed by atoms with Crippen LogP contribution in [0.1, 0.15) is 0 Å². The Labute approximate surface area is 89.7 Å². The molecular formula is C10H13BN2O2. The van der Waals surface area contributed by atoms with Gasteiger partial charge in [-0.1, -0.05) is 11.5 Å². The van der Waals surface area contributed by atoms with Gasteiger partial charge in [-0.25, -0.2) is 4.98 Å². The number of aromatic nitrogens is 1. The zero-order chi connectivity index (χ0) is 10.8. The van der Waals surface area contributed by atoms with Crippen molar-refractivity contribution in [3.63, 3.8) is 0 Å². The molecule has 5 heteroatoms. The van der Waals surface area contributed by atoms with E-state index < -0.39 is 0 Å². The molecule has 1 aliphatic heterocycles. The summed E-state index contributed by atoms with van der Waals surface area (Å²) in [5, 5.41) is 0. The summed E-state index contributed by atoms with van der Waals surface area (Å²) < 4.78 is 4.67. The molecule has 0 aromatic carbocycles. The second-order valence-electron chi connectivity index (χ2n) is 3.82. The second kappa shape index (κ2) is 3.92. The first-order valence-electron chi connectivity index (χ1n) is 4.96. The molecule has 0 saturated carbocycles. The van der Waals surface area contributed by atoms with Crippen molar-refractivity contribution in [2.45, 2.75) is 0 Å². The number of ether oxygens (including phenoxy) is 1. The van der Waals surface area contributed by atoms with Crippen molar-refractivity contribution in [3.8, 4) is 0 Å². The van der Waals surface area contributed by atoms with Crippen LogP contribution in [-0.4, -0.2) is 39.0 Å². The maximum absolute atomic E-state index is 11.2. The summed E-state index contributed by atoms with van der Waals surface area (Å²) >= 11 is 0. The molecule has 1 aromatic heterocycles. The summed E-state index contributed by atoms with van der Waals surface area (Å²) in [4.78, 5) is 17.5. The minimum Gasteiger partial charge on any atom is -0.469 e. The summed E-state index contributed by atoms with van der Waals surface area (Å²) in [6, 6.07) is 4.00. The van der Waals surface area contributed by atoms with E-state index >= 15 is 0 Å². The van der Waals surface area contributed by atoms with Crippen molar-refractivity contribution in [2.24, 2.45) is 5.92 Å². The molecule has 78 valence electrons. The Hall–Kier alpha value is -1.52. The van der Waals surface area contributed by atoms with Gasteiger partial charge >= 0.3 is 5.97 Å². The van der Waals surface area contributed by atoms with E-state index in [0.29, 0.717) is 13.1 Å². The highest BCUT2D eigenvalue weighted by atomic mass is 16.5. The van der Waals surface area contributed by atoms with Crippen LogP contribution in [-0.2, 0) is 9.53 Å². The third-order valence-electron chi connectivity index (χ3n) is 2.64. The van der Waals surface area contributed by atoms with E-state index in [2.05, 4.69) is 14.6 Å². The first kappa shape index (κ1) is 10.0. The Morgan fingerprint density at radius 2 is 2.33 bits per heavy atom. The van der Waals surface area contributed by atoms with Gasteiger partial charge in [0.2, 0.25) is 0 Å². The third kappa shape index (κ3) is 1.96. The number of hydrogen-bond acceptors (Lipinski definition) is 4. The zero-order valence-electron chi connectivity index (χ0n) is 8.93. The monoisotopic (exact) mass is 204 g/mol. The smallest absolute Gasteiger partial charge is 0.312 e. The van der Waals surface area contributed by atoms with Gasteiger partial charge in [-0.2, -0.15) is 0 Å². The molecule has 15 heavy (non-hydrogen) atoms. The molecule has 0 amide bonds. The Balaban J connectivity index is 1.94. The average Bonchev–Trinajstić information content (AvgIpc) is 2.18. The van der Waals surface area contributed by atoms with Crippen LogP contribution in [0.4, 0.5) is 5.82 Å². The van der Waals surface area contributed by atoms with Gasteiger partial charge in [0, 0.05) is 19.3 Å². The molecule has 0 N–H and O–H groups in total. The standard InChI is InChI=1S/C10H13BN2O2/c1-15-10(14)7-5-13(6-7)9-3-2-8(11)4-12-9/h2-4,7H,5-6,11H2,1H3. The van der Waals surface area contributed by atoms with Gasteiger partial charge in [0.25, 0.3) is 0 Å². The number of esters is 1. The van der Waals surface area contributed by atoms with E-state index in [9.17, 15) is 4.79 Å². The number of hydrogen-bond donors (Lipinski definition) is 0. The van der Waals surface area contributed by atoms with Gasteiger partial charge in [0.05, 0.1) is 13.0 Å². The fourth-order valence-corrected chi connectivity index (χ4v) is 1.63. The number of nitrogens with zero attached hydrogens (tertiary/aromatic N) is 2. The van der Waals surface area contributed by atoms with E-state index in [-0.39, 0.29) is 11.9 Å². The fraction of sp³-hybridized carbons (Fsp3) is 0.400. The summed E-state index contributed by atoms with van der Waals surface area (Å²) in [6.07, 6.45) is 1.83. The molecule has 1 saturated heterocycles. The van der Waals surface area contributed by atoms with Gasteiger partial charge in [-0.15, -0.1) is 0 Å². The SMILES string of the molecule is Bc1ccc(N2CC(C(=O)OC)C2)nc1. The van der Waals surface area contributed by atoms with E-state index in [4.69, 9.17) is 0 Å². The minimum absolute atomic E-state index is 0.0121. The van der Waals surface area contributed by atoms with Crippen LogP contribution in [0.5, 0.6) is 0 Å². The lowest BCUT2D eigenvalue weighted by molar-refractivity contribution is -0.146. The van der Waals surface area contributed by atoms with Crippen LogP contribution in [0.15, 0.2) is 18.3 Å². The predicted molar refractivity (Wildman–Crippen MR) is 60.1 cm³/mol. The van der Waals surface area contributed by atoms with Crippen molar-refractivity contribution in [3.05, 3.63) is 18.3 Å². The summed E-state index contributed by atoms with van der Waals surface area (Å²) in [5.41, 5.74) is 1.14.